The van der Waals surface area contributed by atoms with Crippen LogP contribution in [0.25, 0.3) is 10.7 Å². The smallest absolute Gasteiger partial charge is 0.141 e. The van der Waals surface area contributed by atoms with E-state index in [2.05, 4.69) is 22.4 Å². The highest BCUT2D eigenvalue weighted by atomic mass is 32.1. The van der Waals surface area contributed by atoms with Crippen molar-refractivity contribution in [2.24, 2.45) is 7.05 Å². The first-order chi connectivity index (χ1) is 6.81. The highest BCUT2D eigenvalue weighted by molar-refractivity contribution is 7.13. The summed E-state index contributed by atoms with van der Waals surface area (Å²) in [7, 11) is 1.94. The Bertz CT molecular complexity index is 416. The Labute approximate surface area is 87.4 Å². The van der Waals surface area contributed by atoms with E-state index in [4.69, 9.17) is 0 Å². The van der Waals surface area contributed by atoms with Gasteiger partial charge in [0.2, 0.25) is 0 Å². The van der Waals surface area contributed by atoms with Crippen LogP contribution in [0.4, 0.5) is 0 Å². The number of nitrogens with zero attached hydrogens (tertiary/aromatic N) is 3. The van der Waals surface area contributed by atoms with Gasteiger partial charge in [0.25, 0.3) is 0 Å². The van der Waals surface area contributed by atoms with Gasteiger partial charge in [-0.15, -0.1) is 11.3 Å². The van der Waals surface area contributed by atoms with Gasteiger partial charge in [-0.3, -0.25) is 4.68 Å². The zero-order chi connectivity index (χ0) is 9.97. The molecular formula is C10H13N3S. The van der Waals surface area contributed by atoms with Crippen molar-refractivity contribution in [1.29, 1.82) is 0 Å². The Morgan fingerprint density at radius 1 is 1.50 bits per heavy atom. The average Bonchev–Trinajstić information content (AvgIpc) is 2.74. The number of hydrogen-bond donors (Lipinski definition) is 0. The van der Waals surface area contributed by atoms with E-state index in [1.165, 1.54) is 5.69 Å². The summed E-state index contributed by atoms with van der Waals surface area (Å²) in [6.07, 6.45) is 4.01. The Kier molecular flexibility index (Phi) is 2.63. The van der Waals surface area contributed by atoms with Gasteiger partial charge in [0.1, 0.15) is 5.01 Å². The molecule has 0 unspecified atom stereocenters. The second-order valence-corrected chi connectivity index (χ2v) is 4.09. The van der Waals surface area contributed by atoms with E-state index in [1.54, 1.807) is 17.5 Å². The molecule has 3 nitrogen and oxygen atoms in total. The predicted octanol–water partition coefficient (Wildman–Crippen LogP) is 2.50. The van der Waals surface area contributed by atoms with Crippen molar-refractivity contribution in [3.8, 4) is 10.7 Å². The molecule has 4 heteroatoms. The summed E-state index contributed by atoms with van der Waals surface area (Å²) in [5.74, 6) is 0. The number of rotatable bonds is 3. The minimum atomic E-state index is 1.06. The summed E-state index contributed by atoms with van der Waals surface area (Å²) < 4.78 is 1.86. The minimum absolute atomic E-state index is 1.06. The van der Waals surface area contributed by atoms with Gasteiger partial charge in [-0.25, -0.2) is 4.98 Å². The summed E-state index contributed by atoms with van der Waals surface area (Å²) in [5, 5.41) is 7.33. The summed E-state index contributed by atoms with van der Waals surface area (Å²) in [6, 6.07) is 1.99. The van der Waals surface area contributed by atoms with Crippen molar-refractivity contribution in [3.05, 3.63) is 23.3 Å². The summed E-state index contributed by atoms with van der Waals surface area (Å²) in [5.41, 5.74) is 2.28. The van der Waals surface area contributed by atoms with Gasteiger partial charge in [0.15, 0.2) is 0 Å². The van der Waals surface area contributed by atoms with Crippen LogP contribution in [0.2, 0.25) is 0 Å². The lowest BCUT2D eigenvalue weighted by atomic mass is 10.3. The first kappa shape index (κ1) is 9.40. The number of aryl methyl sites for hydroxylation is 2. The Morgan fingerprint density at radius 2 is 2.36 bits per heavy atom. The molecule has 2 aromatic rings. The lowest BCUT2D eigenvalue weighted by Gasteiger charge is -1.95. The molecule has 0 N–H and O–H groups in total. The number of aromatic nitrogens is 3. The van der Waals surface area contributed by atoms with Crippen LogP contribution in [0.1, 0.15) is 19.0 Å². The molecule has 0 radical (unpaired) electrons. The average molecular weight is 207 g/mol. The predicted molar refractivity (Wildman–Crippen MR) is 58.3 cm³/mol. The van der Waals surface area contributed by atoms with Crippen LogP contribution in [0.15, 0.2) is 17.6 Å². The maximum Gasteiger partial charge on any atom is 0.141 e. The molecule has 0 fully saturated rings. The molecule has 0 aliphatic heterocycles. The van der Waals surface area contributed by atoms with Gasteiger partial charge in [0.05, 0.1) is 11.4 Å². The standard InChI is InChI=1S/C10H13N3S/c1-3-4-8-7-14-10(12-8)9-5-6-11-13(9)2/h5-7H,3-4H2,1-2H3. The van der Waals surface area contributed by atoms with Crippen LogP contribution < -0.4 is 0 Å². The Balaban J connectivity index is 2.29. The fourth-order valence-corrected chi connectivity index (χ4v) is 2.29. The fraction of sp³-hybridized carbons (Fsp3) is 0.400. The molecule has 0 bridgehead atoms. The molecule has 0 aliphatic carbocycles. The third-order valence-electron chi connectivity index (χ3n) is 2.10. The maximum atomic E-state index is 4.56. The lowest BCUT2D eigenvalue weighted by molar-refractivity contribution is 0.774. The van der Waals surface area contributed by atoms with Crippen LogP contribution in [0, 0.1) is 0 Å². The highest BCUT2D eigenvalue weighted by Gasteiger charge is 2.07. The number of thiazole rings is 1. The van der Waals surface area contributed by atoms with E-state index in [1.807, 2.05) is 17.8 Å². The normalized spacial score (nSPS) is 10.7. The molecule has 2 aromatic heterocycles. The molecule has 2 rings (SSSR count). The quantitative estimate of drug-likeness (QED) is 0.774. The first-order valence-corrected chi connectivity index (χ1v) is 5.62. The van der Waals surface area contributed by atoms with E-state index in [9.17, 15) is 0 Å². The fourth-order valence-electron chi connectivity index (χ4n) is 1.38. The van der Waals surface area contributed by atoms with E-state index in [0.717, 1.165) is 23.5 Å². The van der Waals surface area contributed by atoms with Crippen molar-refractivity contribution in [1.82, 2.24) is 14.8 Å². The van der Waals surface area contributed by atoms with Crippen molar-refractivity contribution in [3.63, 3.8) is 0 Å². The third-order valence-corrected chi connectivity index (χ3v) is 3.01. The molecule has 14 heavy (non-hydrogen) atoms. The van der Waals surface area contributed by atoms with Crippen molar-refractivity contribution in [2.75, 3.05) is 0 Å². The molecule has 0 atom stereocenters. The summed E-state index contributed by atoms with van der Waals surface area (Å²) in [4.78, 5) is 4.56. The monoisotopic (exact) mass is 207 g/mol. The number of hydrogen-bond acceptors (Lipinski definition) is 3. The summed E-state index contributed by atoms with van der Waals surface area (Å²) >= 11 is 1.69. The van der Waals surface area contributed by atoms with Crippen LogP contribution in [0.3, 0.4) is 0 Å². The van der Waals surface area contributed by atoms with E-state index in [0.29, 0.717) is 0 Å². The Morgan fingerprint density at radius 3 is 3.00 bits per heavy atom. The molecule has 0 amide bonds. The van der Waals surface area contributed by atoms with Crippen molar-refractivity contribution in [2.45, 2.75) is 19.8 Å². The van der Waals surface area contributed by atoms with E-state index < -0.39 is 0 Å². The van der Waals surface area contributed by atoms with Gasteiger partial charge < -0.3 is 0 Å². The van der Waals surface area contributed by atoms with Crippen molar-refractivity contribution >= 4 is 11.3 Å². The molecule has 0 saturated carbocycles. The molecule has 0 aliphatic rings. The van der Waals surface area contributed by atoms with E-state index in [-0.39, 0.29) is 0 Å². The first-order valence-electron chi connectivity index (χ1n) is 4.74. The Hall–Kier alpha value is -1.16. The van der Waals surface area contributed by atoms with Crippen LogP contribution >= 0.6 is 11.3 Å². The van der Waals surface area contributed by atoms with Crippen LogP contribution in [-0.2, 0) is 13.5 Å². The van der Waals surface area contributed by atoms with Gasteiger partial charge in [0, 0.05) is 18.6 Å². The molecule has 0 aromatic carbocycles. The maximum absolute atomic E-state index is 4.56. The largest absolute Gasteiger partial charge is 0.266 e. The molecular weight excluding hydrogens is 194 g/mol. The van der Waals surface area contributed by atoms with Gasteiger partial charge in [-0.2, -0.15) is 5.10 Å². The molecule has 0 saturated heterocycles. The summed E-state index contributed by atoms with van der Waals surface area (Å²) in [6.45, 7) is 2.17. The second kappa shape index (κ2) is 3.92. The van der Waals surface area contributed by atoms with Crippen LogP contribution in [0.5, 0.6) is 0 Å². The van der Waals surface area contributed by atoms with Crippen molar-refractivity contribution < 1.29 is 0 Å². The SMILES string of the molecule is CCCc1csc(-c2ccnn2C)n1. The van der Waals surface area contributed by atoms with Gasteiger partial charge in [-0.1, -0.05) is 13.3 Å². The molecule has 74 valence electrons. The molecule has 0 spiro atoms. The lowest BCUT2D eigenvalue weighted by Crippen LogP contribution is -1.93. The second-order valence-electron chi connectivity index (χ2n) is 3.23. The van der Waals surface area contributed by atoms with Gasteiger partial charge >= 0.3 is 0 Å². The third kappa shape index (κ3) is 1.70. The van der Waals surface area contributed by atoms with Gasteiger partial charge in [-0.05, 0) is 12.5 Å². The highest BCUT2D eigenvalue weighted by Crippen LogP contribution is 2.23. The minimum Gasteiger partial charge on any atom is -0.266 e. The van der Waals surface area contributed by atoms with E-state index >= 15 is 0 Å². The topological polar surface area (TPSA) is 30.7 Å². The molecule has 2 heterocycles. The van der Waals surface area contributed by atoms with Crippen LogP contribution in [-0.4, -0.2) is 14.8 Å². The zero-order valence-electron chi connectivity index (χ0n) is 8.40. The zero-order valence-corrected chi connectivity index (χ0v) is 9.21.